The van der Waals surface area contributed by atoms with Crippen molar-refractivity contribution in [2.75, 3.05) is 23.9 Å². The van der Waals surface area contributed by atoms with Crippen LogP contribution in [0.2, 0.25) is 0 Å². The number of piperidine rings is 1. The molecule has 2 aromatic rings. The van der Waals surface area contributed by atoms with Crippen molar-refractivity contribution in [3.8, 4) is 0 Å². The Hall–Kier alpha value is -2.50. The Labute approximate surface area is 187 Å². The van der Waals surface area contributed by atoms with E-state index in [0.29, 0.717) is 41.9 Å². The fourth-order valence-electron chi connectivity index (χ4n) is 4.31. The molecule has 2 aliphatic rings. The predicted molar refractivity (Wildman–Crippen MR) is 120 cm³/mol. The maximum atomic E-state index is 13.5. The van der Waals surface area contributed by atoms with Crippen LogP contribution in [0.1, 0.15) is 36.0 Å². The van der Waals surface area contributed by atoms with Crippen LogP contribution in [0.3, 0.4) is 0 Å². The van der Waals surface area contributed by atoms with Crippen molar-refractivity contribution in [3.05, 3.63) is 57.1 Å². The zero-order valence-electron chi connectivity index (χ0n) is 17.9. The summed E-state index contributed by atoms with van der Waals surface area (Å²) in [5.74, 6) is 0. The number of aryl methyl sites for hydroxylation is 1. The van der Waals surface area contributed by atoms with E-state index in [2.05, 4.69) is 0 Å². The second-order valence-electron chi connectivity index (χ2n) is 8.23. The van der Waals surface area contributed by atoms with Crippen molar-refractivity contribution in [2.45, 2.75) is 49.3 Å². The number of hydrogen-bond donors (Lipinski definition) is 0. The summed E-state index contributed by atoms with van der Waals surface area (Å²) >= 11 is 0. The van der Waals surface area contributed by atoms with Gasteiger partial charge in [0.1, 0.15) is 0 Å². The van der Waals surface area contributed by atoms with Crippen molar-refractivity contribution >= 4 is 31.4 Å². The van der Waals surface area contributed by atoms with Crippen molar-refractivity contribution < 1.29 is 21.8 Å². The van der Waals surface area contributed by atoms with E-state index in [-0.39, 0.29) is 22.0 Å². The second-order valence-corrected chi connectivity index (χ2v) is 12.0. The summed E-state index contributed by atoms with van der Waals surface area (Å²) in [4.78, 5) is 10.7. The van der Waals surface area contributed by atoms with Gasteiger partial charge in [0.2, 0.25) is 10.0 Å². The number of anilines is 1. The van der Waals surface area contributed by atoms with Gasteiger partial charge in [0.05, 0.1) is 20.4 Å². The maximum absolute atomic E-state index is 13.5. The number of nitro benzene ring substituents is 1. The molecule has 4 rings (SSSR count). The fraction of sp³-hybridized carbons (Fsp3) is 0.429. The smallest absolute Gasteiger partial charge is 0.266 e. The van der Waals surface area contributed by atoms with E-state index in [1.54, 1.807) is 19.9 Å². The van der Waals surface area contributed by atoms with Crippen LogP contribution in [-0.2, 0) is 26.5 Å². The van der Waals surface area contributed by atoms with Gasteiger partial charge in [-0.1, -0.05) is 6.42 Å². The van der Waals surface area contributed by atoms with Crippen molar-refractivity contribution in [3.63, 3.8) is 0 Å². The summed E-state index contributed by atoms with van der Waals surface area (Å²) in [7, 11) is -7.69. The van der Waals surface area contributed by atoms with Gasteiger partial charge >= 0.3 is 0 Å². The van der Waals surface area contributed by atoms with Gasteiger partial charge in [-0.25, -0.2) is 16.8 Å². The number of nitro groups is 1. The Balaban J connectivity index is 1.72. The molecule has 172 valence electrons. The number of non-ortho nitro benzene ring substituents is 1. The topological polar surface area (TPSA) is 118 Å². The van der Waals surface area contributed by atoms with Crippen molar-refractivity contribution in [1.29, 1.82) is 0 Å². The number of rotatable bonds is 5. The summed E-state index contributed by atoms with van der Waals surface area (Å²) in [6.07, 6.45) is 3.04. The largest absolute Gasteiger partial charge is 0.271 e. The molecule has 0 amide bonds. The Kier molecular flexibility index (Phi) is 5.76. The highest BCUT2D eigenvalue weighted by Gasteiger charge is 2.35. The molecule has 1 fully saturated rings. The molecule has 2 aromatic carbocycles. The zero-order valence-corrected chi connectivity index (χ0v) is 19.6. The molecule has 2 heterocycles. The molecule has 9 nitrogen and oxygen atoms in total. The van der Waals surface area contributed by atoms with E-state index < -0.39 is 25.0 Å². The van der Waals surface area contributed by atoms with E-state index >= 15 is 0 Å². The third-order valence-electron chi connectivity index (χ3n) is 6.24. The van der Waals surface area contributed by atoms with E-state index in [4.69, 9.17) is 0 Å². The molecule has 0 aliphatic carbocycles. The molecule has 0 atom stereocenters. The van der Waals surface area contributed by atoms with Gasteiger partial charge < -0.3 is 0 Å². The van der Waals surface area contributed by atoms with Crippen LogP contribution in [-0.4, -0.2) is 45.7 Å². The average Bonchev–Trinajstić information content (AvgIpc) is 3.20. The molecule has 11 heteroatoms. The van der Waals surface area contributed by atoms with Crippen LogP contribution in [0.15, 0.2) is 40.1 Å². The number of fused-ring (bicyclic) bond motifs is 1. The summed E-state index contributed by atoms with van der Waals surface area (Å²) in [6, 6.07) is 6.97. The summed E-state index contributed by atoms with van der Waals surface area (Å²) in [5, 5.41) is 11.3. The van der Waals surface area contributed by atoms with Crippen LogP contribution in [0.4, 0.5) is 11.4 Å². The molecule has 2 aliphatic heterocycles. The van der Waals surface area contributed by atoms with E-state index in [0.717, 1.165) is 25.3 Å². The third-order valence-corrected chi connectivity index (χ3v) is 10.1. The van der Waals surface area contributed by atoms with Gasteiger partial charge in [-0.05, 0) is 68.0 Å². The lowest BCUT2D eigenvalue weighted by Crippen LogP contribution is -2.35. The first-order valence-electron chi connectivity index (χ1n) is 10.4. The molecular weight excluding hydrogens is 454 g/mol. The summed E-state index contributed by atoms with van der Waals surface area (Å²) in [6.45, 7) is 4.39. The first-order valence-corrected chi connectivity index (χ1v) is 13.3. The lowest BCUT2D eigenvalue weighted by Gasteiger charge is -2.26. The fourth-order valence-corrected chi connectivity index (χ4v) is 7.70. The first kappa shape index (κ1) is 22.7. The zero-order chi connectivity index (χ0) is 23.3. The van der Waals surface area contributed by atoms with Gasteiger partial charge in [-0.15, -0.1) is 0 Å². The molecule has 1 saturated heterocycles. The monoisotopic (exact) mass is 479 g/mol. The van der Waals surface area contributed by atoms with E-state index in [1.807, 2.05) is 0 Å². The molecular formula is C21H25N3O6S2. The van der Waals surface area contributed by atoms with Gasteiger partial charge in [0.15, 0.2) is 0 Å². The molecule has 0 unspecified atom stereocenters. The molecule has 0 radical (unpaired) electrons. The number of benzene rings is 2. The minimum atomic E-state index is -4.06. The third kappa shape index (κ3) is 3.78. The Bertz CT molecular complexity index is 1300. The highest BCUT2D eigenvalue weighted by molar-refractivity contribution is 7.93. The predicted octanol–water partition coefficient (Wildman–Crippen LogP) is 3.14. The Morgan fingerprint density at radius 2 is 1.59 bits per heavy atom. The molecule has 0 saturated carbocycles. The first-order chi connectivity index (χ1) is 15.0. The molecule has 0 aromatic heterocycles. The van der Waals surface area contributed by atoms with Gasteiger partial charge in [0, 0.05) is 31.8 Å². The highest BCUT2D eigenvalue weighted by atomic mass is 32.2. The van der Waals surface area contributed by atoms with Gasteiger partial charge in [-0.2, -0.15) is 4.31 Å². The van der Waals surface area contributed by atoms with Crippen LogP contribution >= 0.6 is 0 Å². The van der Waals surface area contributed by atoms with E-state index in [1.165, 1.54) is 26.8 Å². The van der Waals surface area contributed by atoms with Crippen LogP contribution in [0, 0.1) is 24.0 Å². The normalized spacial score (nSPS) is 17.4. The van der Waals surface area contributed by atoms with Crippen molar-refractivity contribution in [1.82, 2.24) is 4.31 Å². The lowest BCUT2D eigenvalue weighted by molar-refractivity contribution is -0.385. The molecule has 0 spiro atoms. The number of nitrogens with zero attached hydrogens (tertiary/aromatic N) is 3. The maximum Gasteiger partial charge on any atom is 0.271 e. The lowest BCUT2D eigenvalue weighted by atomic mass is 10.1. The molecule has 0 N–H and O–H groups in total. The van der Waals surface area contributed by atoms with Gasteiger partial charge in [0.25, 0.3) is 15.7 Å². The van der Waals surface area contributed by atoms with Gasteiger partial charge in [-0.3, -0.25) is 14.4 Å². The van der Waals surface area contributed by atoms with E-state index in [9.17, 15) is 26.9 Å². The second kappa shape index (κ2) is 8.13. The molecule has 0 bridgehead atoms. The number of hydrogen-bond acceptors (Lipinski definition) is 6. The molecule has 32 heavy (non-hydrogen) atoms. The van der Waals surface area contributed by atoms with Crippen molar-refractivity contribution in [2.24, 2.45) is 0 Å². The Morgan fingerprint density at radius 3 is 2.25 bits per heavy atom. The minimum Gasteiger partial charge on any atom is -0.266 e. The average molecular weight is 480 g/mol. The summed E-state index contributed by atoms with van der Waals surface area (Å²) in [5.41, 5.74) is 1.72. The SMILES string of the molecule is Cc1cc([N+](=O)[O-])cc(S(=O)(=O)N2CCc3cc(S(=O)(=O)N4CCCCC4)ccc32)c1C. The van der Waals surface area contributed by atoms with Crippen LogP contribution in [0.25, 0.3) is 0 Å². The van der Waals surface area contributed by atoms with Crippen LogP contribution in [0.5, 0.6) is 0 Å². The summed E-state index contributed by atoms with van der Waals surface area (Å²) < 4.78 is 55.6. The minimum absolute atomic E-state index is 0.109. The standard InChI is InChI=1S/C21H25N3O6S2/c1-15-12-18(24(25)26)14-21(16(15)2)32(29,30)23-11-8-17-13-19(6-7-20(17)23)31(27,28)22-9-4-3-5-10-22/h6-7,12-14H,3-5,8-11H2,1-2H3. The quantitative estimate of drug-likeness (QED) is 0.480. The Morgan fingerprint density at radius 1 is 0.906 bits per heavy atom. The highest BCUT2D eigenvalue weighted by Crippen LogP contribution is 2.37. The number of sulfonamides is 2. The van der Waals surface area contributed by atoms with Crippen LogP contribution < -0.4 is 4.31 Å².